The second-order valence-corrected chi connectivity index (χ2v) is 4.12. The van der Waals surface area contributed by atoms with Gasteiger partial charge < -0.3 is 9.47 Å². The Bertz CT molecular complexity index is 598. The van der Waals surface area contributed by atoms with Crippen molar-refractivity contribution in [2.75, 3.05) is 11.9 Å². The molecule has 5 heteroatoms. The van der Waals surface area contributed by atoms with Gasteiger partial charge in [-0.2, -0.15) is 0 Å². The van der Waals surface area contributed by atoms with E-state index < -0.39 is 6.09 Å². The van der Waals surface area contributed by atoms with Crippen LogP contribution in [-0.2, 0) is 16.1 Å². The zero-order valence-corrected chi connectivity index (χ0v) is 11.2. The fourth-order valence-electron chi connectivity index (χ4n) is 1.67. The van der Waals surface area contributed by atoms with E-state index >= 15 is 0 Å². The highest BCUT2D eigenvalue weighted by molar-refractivity contribution is 5.86. The molecule has 0 aliphatic carbocycles. The molecule has 0 atom stereocenters. The van der Waals surface area contributed by atoms with Crippen molar-refractivity contribution in [3.63, 3.8) is 0 Å². The monoisotopic (exact) mass is 284 g/mol. The molecule has 0 aliphatic rings. The largest absolute Gasteiger partial charge is 0.483 e. The zero-order chi connectivity index (χ0) is 14.9. The molecule has 0 unspecified atom stereocenters. The van der Waals surface area contributed by atoms with E-state index in [0.717, 1.165) is 5.56 Å². The van der Waals surface area contributed by atoms with Gasteiger partial charge in [-0.1, -0.05) is 42.5 Å². The smallest absolute Gasteiger partial charge is 0.412 e. The number of carbonyl (C=O) groups is 1. The normalized spacial score (nSPS) is 9.71. The molecular weight excluding hydrogens is 270 g/mol. The summed E-state index contributed by atoms with van der Waals surface area (Å²) < 4.78 is 10.3. The van der Waals surface area contributed by atoms with Crippen molar-refractivity contribution in [1.29, 1.82) is 0 Å². The first kappa shape index (κ1) is 14.6. The number of benzene rings is 2. The molecule has 0 bridgehead atoms. The van der Waals surface area contributed by atoms with Crippen LogP contribution >= 0.6 is 0 Å². The third-order valence-electron chi connectivity index (χ3n) is 2.62. The maximum absolute atomic E-state index is 11.7. The molecule has 0 spiro atoms. The lowest BCUT2D eigenvalue weighted by molar-refractivity contribution is 0.155. The lowest BCUT2D eigenvalue weighted by atomic mass is 10.2. The molecule has 0 saturated carbocycles. The molecule has 0 heterocycles. The molecule has 107 valence electrons. The molecule has 2 aromatic rings. The van der Waals surface area contributed by atoms with Crippen LogP contribution in [0.5, 0.6) is 5.75 Å². The SMILES string of the molecule is O=[C]COc1ccccc1NC(=O)OCc1ccccc1. The number of hydrogen-bond acceptors (Lipinski definition) is 4. The highest BCUT2D eigenvalue weighted by atomic mass is 16.5. The molecule has 5 nitrogen and oxygen atoms in total. The molecule has 1 radical (unpaired) electrons. The van der Waals surface area contributed by atoms with Gasteiger partial charge in [0.25, 0.3) is 0 Å². The van der Waals surface area contributed by atoms with Crippen molar-refractivity contribution in [3.8, 4) is 5.75 Å². The molecule has 0 fully saturated rings. The maximum Gasteiger partial charge on any atom is 0.412 e. The summed E-state index contributed by atoms with van der Waals surface area (Å²) in [4.78, 5) is 22.0. The summed E-state index contributed by atoms with van der Waals surface area (Å²) >= 11 is 0. The van der Waals surface area contributed by atoms with E-state index in [4.69, 9.17) is 9.47 Å². The molecule has 1 amide bonds. The summed E-state index contributed by atoms with van der Waals surface area (Å²) in [7, 11) is 0. The molecule has 0 aromatic heterocycles. The van der Waals surface area contributed by atoms with Crippen molar-refractivity contribution in [2.45, 2.75) is 6.61 Å². The van der Waals surface area contributed by atoms with Crippen LogP contribution in [0.25, 0.3) is 0 Å². The second-order valence-electron chi connectivity index (χ2n) is 4.12. The summed E-state index contributed by atoms with van der Waals surface area (Å²) in [5, 5.41) is 2.57. The van der Waals surface area contributed by atoms with Crippen molar-refractivity contribution in [3.05, 3.63) is 60.2 Å². The molecule has 2 aromatic carbocycles. The fourth-order valence-corrected chi connectivity index (χ4v) is 1.67. The van der Waals surface area contributed by atoms with Gasteiger partial charge >= 0.3 is 6.09 Å². The minimum absolute atomic E-state index is 0.178. The van der Waals surface area contributed by atoms with Crippen LogP contribution in [0.1, 0.15) is 5.56 Å². The minimum Gasteiger partial charge on any atom is -0.483 e. The molecule has 1 N–H and O–H groups in total. The Morgan fingerprint density at radius 3 is 2.52 bits per heavy atom. The van der Waals surface area contributed by atoms with Gasteiger partial charge in [0, 0.05) is 0 Å². The van der Waals surface area contributed by atoms with Crippen molar-refractivity contribution >= 4 is 18.1 Å². The number of rotatable bonds is 6. The number of anilines is 1. The van der Waals surface area contributed by atoms with Crippen LogP contribution in [0, 0.1) is 0 Å². The van der Waals surface area contributed by atoms with Gasteiger partial charge in [-0.05, 0) is 17.7 Å². The summed E-state index contributed by atoms with van der Waals surface area (Å²) in [5.41, 5.74) is 1.33. The van der Waals surface area contributed by atoms with Crippen molar-refractivity contribution in [1.82, 2.24) is 0 Å². The van der Waals surface area contributed by atoms with E-state index in [1.54, 1.807) is 30.6 Å². The summed E-state index contributed by atoms with van der Waals surface area (Å²) in [5.74, 6) is 0.387. The Morgan fingerprint density at radius 2 is 1.76 bits per heavy atom. The Balaban J connectivity index is 1.91. The topological polar surface area (TPSA) is 64.6 Å². The van der Waals surface area contributed by atoms with Gasteiger partial charge in [-0.25, -0.2) is 4.79 Å². The van der Waals surface area contributed by atoms with Crippen LogP contribution in [0.4, 0.5) is 10.5 Å². The summed E-state index contributed by atoms with van der Waals surface area (Å²) in [6.07, 6.45) is 1.03. The van der Waals surface area contributed by atoms with E-state index in [1.165, 1.54) is 0 Å². The Kier molecular flexibility index (Phi) is 5.34. The third-order valence-corrected chi connectivity index (χ3v) is 2.62. The number of para-hydroxylation sites is 2. The predicted octanol–water partition coefficient (Wildman–Crippen LogP) is 2.92. The molecule has 0 aliphatic heterocycles. The highest BCUT2D eigenvalue weighted by Gasteiger charge is 2.08. The van der Waals surface area contributed by atoms with Crippen LogP contribution in [0.15, 0.2) is 54.6 Å². The van der Waals surface area contributed by atoms with Gasteiger partial charge in [-0.3, -0.25) is 10.1 Å². The van der Waals surface area contributed by atoms with E-state index in [9.17, 15) is 9.59 Å². The standard InChI is InChI=1S/C16H14NO4/c18-10-11-20-15-9-5-4-8-14(15)17-16(19)21-12-13-6-2-1-3-7-13/h1-9H,11-12H2,(H,17,19). The van der Waals surface area contributed by atoms with Crippen LogP contribution in [-0.4, -0.2) is 19.0 Å². The average molecular weight is 284 g/mol. The number of ether oxygens (including phenoxy) is 2. The zero-order valence-electron chi connectivity index (χ0n) is 11.2. The summed E-state index contributed by atoms with van der Waals surface area (Å²) in [6.45, 7) is -0.0183. The fraction of sp³-hybridized carbons (Fsp3) is 0.125. The lowest BCUT2D eigenvalue weighted by Gasteiger charge is -2.11. The van der Waals surface area contributed by atoms with Gasteiger partial charge in [0.05, 0.1) is 5.69 Å². The lowest BCUT2D eigenvalue weighted by Crippen LogP contribution is -2.14. The predicted molar refractivity (Wildman–Crippen MR) is 77.9 cm³/mol. The molecule has 21 heavy (non-hydrogen) atoms. The van der Waals surface area contributed by atoms with E-state index in [-0.39, 0.29) is 13.2 Å². The molecule has 2 rings (SSSR count). The van der Waals surface area contributed by atoms with E-state index in [0.29, 0.717) is 11.4 Å². The Labute approximate surface area is 122 Å². The van der Waals surface area contributed by atoms with E-state index in [2.05, 4.69) is 5.32 Å². The maximum atomic E-state index is 11.7. The molecular formula is C16H14NO4. The van der Waals surface area contributed by atoms with Gasteiger partial charge in [0.2, 0.25) is 6.29 Å². The first-order valence-electron chi connectivity index (χ1n) is 6.34. The van der Waals surface area contributed by atoms with Crippen LogP contribution in [0.2, 0.25) is 0 Å². The quantitative estimate of drug-likeness (QED) is 0.885. The number of carbonyl (C=O) groups excluding carboxylic acids is 2. The highest BCUT2D eigenvalue weighted by Crippen LogP contribution is 2.23. The summed E-state index contributed by atoms with van der Waals surface area (Å²) in [6, 6.07) is 16.1. The van der Waals surface area contributed by atoms with Crippen molar-refractivity contribution in [2.24, 2.45) is 0 Å². The number of nitrogens with one attached hydrogen (secondary N) is 1. The first-order chi connectivity index (χ1) is 10.3. The van der Waals surface area contributed by atoms with Gasteiger partial charge in [0.1, 0.15) is 12.4 Å². The number of hydrogen-bond donors (Lipinski definition) is 1. The minimum atomic E-state index is -0.593. The first-order valence-corrected chi connectivity index (χ1v) is 6.34. The molecule has 0 saturated heterocycles. The Hall–Kier alpha value is -2.82. The average Bonchev–Trinajstić information content (AvgIpc) is 2.53. The van der Waals surface area contributed by atoms with Crippen LogP contribution in [0.3, 0.4) is 0 Å². The van der Waals surface area contributed by atoms with E-state index in [1.807, 2.05) is 30.3 Å². The van der Waals surface area contributed by atoms with Crippen molar-refractivity contribution < 1.29 is 19.1 Å². The van der Waals surface area contributed by atoms with Gasteiger partial charge in [0.15, 0.2) is 6.61 Å². The second kappa shape index (κ2) is 7.69. The Morgan fingerprint density at radius 1 is 1.05 bits per heavy atom. The third kappa shape index (κ3) is 4.65. The van der Waals surface area contributed by atoms with Gasteiger partial charge in [-0.15, -0.1) is 0 Å². The number of amides is 1. The van der Waals surface area contributed by atoms with Crippen LogP contribution < -0.4 is 10.1 Å².